The minimum absolute atomic E-state index is 0.0673. The Kier molecular flexibility index (Phi) is 5.00. The first-order valence-electron chi connectivity index (χ1n) is 9.74. The van der Waals surface area contributed by atoms with E-state index in [1.807, 2.05) is 42.5 Å². The van der Waals surface area contributed by atoms with Crippen LogP contribution in [0, 0.1) is 11.3 Å². The van der Waals surface area contributed by atoms with Crippen LogP contribution in [0.4, 0.5) is 5.69 Å². The van der Waals surface area contributed by atoms with Crippen LogP contribution in [0.15, 0.2) is 42.5 Å². The Balaban J connectivity index is 1.52. The lowest BCUT2D eigenvalue weighted by Crippen LogP contribution is -2.42. The number of methoxy groups -OCH3 is 1. The molecule has 2 heterocycles. The van der Waals surface area contributed by atoms with Gasteiger partial charge in [0.1, 0.15) is 5.41 Å². The van der Waals surface area contributed by atoms with Crippen LogP contribution in [-0.4, -0.2) is 61.1 Å². The Hall–Kier alpha value is -2.93. The zero-order chi connectivity index (χ0) is 20.6. The molecule has 2 aliphatic heterocycles. The van der Waals surface area contributed by atoms with Gasteiger partial charge in [-0.25, -0.2) is 0 Å². The van der Waals surface area contributed by atoms with Gasteiger partial charge >= 0.3 is 5.97 Å². The van der Waals surface area contributed by atoms with Crippen molar-refractivity contribution in [1.82, 2.24) is 4.90 Å². The molecule has 2 unspecified atom stereocenters. The van der Waals surface area contributed by atoms with E-state index in [9.17, 15) is 19.5 Å². The second-order valence-electron chi connectivity index (χ2n) is 7.93. The fraction of sp³-hybridized carbons (Fsp3) is 0.409. The molecule has 4 rings (SSSR count). The van der Waals surface area contributed by atoms with Crippen molar-refractivity contribution in [2.45, 2.75) is 12.8 Å². The van der Waals surface area contributed by atoms with E-state index in [0.29, 0.717) is 19.5 Å². The van der Waals surface area contributed by atoms with Crippen LogP contribution in [0.1, 0.15) is 12.8 Å². The van der Waals surface area contributed by atoms with Crippen molar-refractivity contribution >= 4 is 34.2 Å². The summed E-state index contributed by atoms with van der Waals surface area (Å²) in [5, 5.41) is 11.6. The van der Waals surface area contributed by atoms with Gasteiger partial charge in [0.05, 0.1) is 18.2 Å². The number of likely N-dealkylation sites (tertiary alicyclic amines) is 1. The van der Waals surface area contributed by atoms with Crippen molar-refractivity contribution in [3.8, 4) is 0 Å². The van der Waals surface area contributed by atoms with Gasteiger partial charge in [-0.05, 0) is 17.9 Å². The van der Waals surface area contributed by atoms with E-state index in [1.165, 1.54) is 7.11 Å². The molecular formula is C22H24N2O5. The van der Waals surface area contributed by atoms with Gasteiger partial charge in [-0.15, -0.1) is 0 Å². The number of ether oxygens (including phenoxy) is 1. The van der Waals surface area contributed by atoms with Crippen LogP contribution < -0.4 is 4.90 Å². The number of hydrogen-bond acceptors (Lipinski definition) is 4. The summed E-state index contributed by atoms with van der Waals surface area (Å²) >= 11 is 0. The molecule has 0 radical (unpaired) electrons. The van der Waals surface area contributed by atoms with E-state index in [1.54, 1.807) is 9.80 Å². The minimum atomic E-state index is -1.07. The van der Waals surface area contributed by atoms with Crippen LogP contribution in [0.2, 0.25) is 0 Å². The van der Waals surface area contributed by atoms with Crippen molar-refractivity contribution in [1.29, 1.82) is 0 Å². The molecule has 152 valence electrons. The van der Waals surface area contributed by atoms with Crippen LogP contribution in [0.25, 0.3) is 10.8 Å². The van der Waals surface area contributed by atoms with Crippen molar-refractivity contribution in [3.05, 3.63) is 42.5 Å². The number of amides is 2. The molecule has 2 amide bonds. The van der Waals surface area contributed by atoms with Crippen molar-refractivity contribution in [3.63, 3.8) is 0 Å². The van der Waals surface area contributed by atoms with E-state index in [2.05, 4.69) is 0 Å². The SMILES string of the molecule is COCC1(C(=O)O)CCN(C(=O)C2CC(=O)N(c3cccc4ccccc34)C2)C1. The normalized spacial score (nSPS) is 24.4. The van der Waals surface area contributed by atoms with Crippen molar-refractivity contribution in [2.75, 3.05) is 38.3 Å². The fourth-order valence-corrected chi connectivity index (χ4v) is 4.50. The van der Waals surface area contributed by atoms with E-state index >= 15 is 0 Å². The van der Waals surface area contributed by atoms with Crippen LogP contribution >= 0.6 is 0 Å². The molecular weight excluding hydrogens is 372 g/mol. The highest BCUT2D eigenvalue weighted by atomic mass is 16.5. The molecule has 2 saturated heterocycles. The Labute approximate surface area is 168 Å². The Bertz CT molecular complexity index is 969. The predicted molar refractivity (Wildman–Crippen MR) is 108 cm³/mol. The quantitative estimate of drug-likeness (QED) is 0.837. The van der Waals surface area contributed by atoms with Gasteiger partial charge in [-0.1, -0.05) is 36.4 Å². The highest BCUT2D eigenvalue weighted by Gasteiger charge is 2.48. The number of hydrogen-bond donors (Lipinski definition) is 1. The summed E-state index contributed by atoms with van der Waals surface area (Å²) in [7, 11) is 1.47. The maximum absolute atomic E-state index is 13.1. The molecule has 2 fully saturated rings. The van der Waals surface area contributed by atoms with Gasteiger partial charge in [-0.2, -0.15) is 0 Å². The van der Waals surface area contributed by atoms with Gasteiger partial charge in [0.25, 0.3) is 0 Å². The number of carboxylic acids is 1. The second-order valence-corrected chi connectivity index (χ2v) is 7.93. The predicted octanol–water partition coefficient (Wildman–Crippen LogP) is 2.14. The summed E-state index contributed by atoms with van der Waals surface area (Å²) in [6.45, 7) is 0.867. The topological polar surface area (TPSA) is 87.1 Å². The maximum atomic E-state index is 13.1. The minimum Gasteiger partial charge on any atom is -0.481 e. The fourth-order valence-electron chi connectivity index (χ4n) is 4.50. The molecule has 29 heavy (non-hydrogen) atoms. The summed E-state index contributed by atoms with van der Waals surface area (Å²) in [6, 6.07) is 13.6. The molecule has 0 aromatic heterocycles. The molecule has 2 atom stereocenters. The molecule has 2 aliphatic rings. The Morgan fingerprint density at radius 2 is 1.97 bits per heavy atom. The third kappa shape index (κ3) is 3.35. The number of carboxylic acid groups (broad SMARTS) is 1. The highest BCUT2D eigenvalue weighted by Crippen LogP contribution is 2.35. The number of benzene rings is 2. The van der Waals surface area contributed by atoms with Gasteiger partial charge in [-0.3, -0.25) is 14.4 Å². The average Bonchev–Trinajstić information content (AvgIpc) is 3.32. The van der Waals surface area contributed by atoms with Crippen molar-refractivity contribution < 1.29 is 24.2 Å². The first-order chi connectivity index (χ1) is 13.9. The molecule has 7 nitrogen and oxygen atoms in total. The Morgan fingerprint density at radius 3 is 2.72 bits per heavy atom. The molecule has 0 aliphatic carbocycles. The third-order valence-electron chi connectivity index (χ3n) is 6.07. The molecule has 0 spiro atoms. The van der Waals surface area contributed by atoms with Crippen LogP contribution in [0.3, 0.4) is 0 Å². The summed E-state index contributed by atoms with van der Waals surface area (Å²) < 4.78 is 5.10. The van der Waals surface area contributed by atoms with Gasteiger partial charge in [0, 0.05) is 38.6 Å². The number of carbonyl (C=O) groups excluding carboxylic acids is 2. The monoisotopic (exact) mass is 396 g/mol. The van der Waals surface area contributed by atoms with E-state index in [0.717, 1.165) is 16.5 Å². The summed E-state index contributed by atoms with van der Waals surface area (Å²) in [5.74, 6) is -1.65. The number of anilines is 1. The standard InChI is InChI=1S/C22H24N2O5/c1-29-14-22(21(27)28)9-10-23(13-22)20(26)16-11-19(25)24(12-16)18-8-4-6-15-5-2-3-7-17(15)18/h2-8,16H,9-14H2,1H3,(H,27,28). The average molecular weight is 396 g/mol. The number of fused-ring (bicyclic) bond motifs is 1. The number of rotatable bonds is 5. The van der Waals surface area contributed by atoms with Gasteiger partial charge < -0.3 is 19.6 Å². The largest absolute Gasteiger partial charge is 0.481 e. The molecule has 7 heteroatoms. The number of carbonyl (C=O) groups is 3. The lowest BCUT2D eigenvalue weighted by atomic mass is 9.88. The lowest BCUT2D eigenvalue weighted by Gasteiger charge is -2.25. The number of nitrogens with zero attached hydrogens (tertiary/aromatic N) is 2. The molecule has 0 saturated carbocycles. The van der Waals surface area contributed by atoms with E-state index in [4.69, 9.17) is 4.74 Å². The first kappa shape index (κ1) is 19.4. The molecule has 1 N–H and O–H groups in total. The zero-order valence-electron chi connectivity index (χ0n) is 16.3. The highest BCUT2D eigenvalue weighted by molar-refractivity contribution is 6.07. The van der Waals surface area contributed by atoms with Crippen molar-refractivity contribution in [2.24, 2.45) is 11.3 Å². The smallest absolute Gasteiger partial charge is 0.313 e. The van der Waals surface area contributed by atoms with E-state index < -0.39 is 17.3 Å². The first-order valence-corrected chi connectivity index (χ1v) is 9.74. The van der Waals surface area contributed by atoms with E-state index in [-0.39, 0.29) is 31.4 Å². The molecule has 0 bridgehead atoms. The summed E-state index contributed by atoms with van der Waals surface area (Å²) in [4.78, 5) is 40.8. The van der Waals surface area contributed by atoms with Gasteiger partial charge in [0.2, 0.25) is 11.8 Å². The molecule has 2 aromatic rings. The zero-order valence-corrected chi connectivity index (χ0v) is 16.3. The maximum Gasteiger partial charge on any atom is 0.313 e. The van der Waals surface area contributed by atoms with Crippen LogP contribution in [-0.2, 0) is 19.1 Å². The third-order valence-corrected chi connectivity index (χ3v) is 6.07. The molecule has 2 aromatic carbocycles. The summed E-state index contributed by atoms with van der Waals surface area (Å²) in [6.07, 6.45) is 0.499. The Morgan fingerprint density at radius 1 is 1.21 bits per heavy atom. The summed E-state index contributed by atoms with van der Waals surface area (Å²) in [5.41, 5.74) is -0.258. The van der Waals surface area contributed by atoms with Gasteiger partial charge in [0.15, 0.2) is 0 Å². The lowest BCUT2D eigenvalue weighted by molar-refractivity contribution is -0.152. The number of aliphatic carboxylic acids is 1. The van der Waals surface area contributed by atoms with Crippen LogP contribution in [0.5, 0.6) is 0 Å². The second kappa shape index (κ2) is 7.48.